The van der Waals surface area contributed by atoms with Gasteiger partial charge >= 0.3 is 0 Å². The maximum Gasteiger partial charge on any atom is 0.265 e. The number of halogens is 3. The number of amides is 1. The first-order valence-corrected chi connectivity index (χ1v) is 9.57. The molecule has 0 aliphatic carbocycles. The van der Waals surface area contributed by atoms with E-state index in [-0.39, 0.29) is 30.7 Å². The first-order chi connectivity index (χ1) is 12.1. The van der Waals surface area contributed by atoms with Gasteiger partial charge in [-0.1, -0.05) is 11.6 Å². The molecule has 0 radical (unpaired) electrons. The molecule has 0 bridgehead atoms. The summed E-state index contributed by atoms with van der Waals surface area (Å²) in [7, 11) is 1.97. The third kappa shape index (κ3) is 6.22. The minimum absolute atomic E-state index is 0. The highest BCUT2D eigenvalue weighted by Crippen LogP contribution is 2.24. The Hall–Kier alpha value is -1.05. The zero-order chi connectivity index (χ0) is 17.8. The van der Waals surface area contributed by atoms with Gasteiger partial charge in [0.15, 0.2) is 0 Å². The summed E-state index contributed by atoms with van der Waals surface area (Å²) < 4.78 is 5.73. The molecule has 9 heteroatoms. The number of likely N-dealkylation sites (tertiary alicyclic amines) is 1. The monoisotopic (exact) mass is 451 g/mol. The summed E-state index contributed by atoms with van der Waals surface area (Å²) in [4.78, 5) is 19.9. The summed E-state index contributed by atoms with van der Waals surface area (Å²) >= 11 is 7.29. The van der Waals surface area contributed by atoms with Crippen LogP contribution in [0.2, 0.25) is 5.02 Å². The van der Waals surface area contributed by atoms with Crippen LogP contribution >= 0.6 is 47.8 Å². The van der Waals surface area contributed by atoms with Gasteiger partial charge in [-0.2, -0.15) is 0 Å². The van der Waals surface area contributed by atoms with E-state index in [0.29, 0.717) is 17.7 Å². The molecule has 1 saturated heterocycles. The molecular weight excluding hydrogens is 429 g/mol. The molecule has 0 saturated carbocycles. The number of carbonyl (C=O) groups excluding carboxylic acids is 1. The molecule has 1 aromatic heterocycles. The van der Waals surface area contributed by atoms with Crippen molar-refractivity contribution >= 4 is 53.7 Å². The number of nitrogens with zero attached hydrogens (tertiary/aromatic N) is 2. The second kappa shape index (κ2) is 11.1. The predicted octanol–water partition coefficient (Wildman–Crippen LogP) is 4.35. The van der Waals surface area contributed by atoms with Crippen LogP contribution in [-0.2, 0) is 6.61 Å². The van der Waals surface area contributed by atoms with Crippen molar-refractivity contribution in [1.82, 2.24) is 15.2 Å². The van der Waals surface area contributed by atoms with E-state index in [1.54, 1.807) is 12.1 Å². The largest absolute Gasteiger partial charge is 0.486 e. The van der Waals surface area contributed by atoms with Crippen molar-refractivity contribution in [3.63, 3.8) is 0 Å². The SMILES string of the molecule is CNC1CCN(C(=O)c2sc(COc3ccc(Cl)cc3)nc2C)CC1.Cl.Cl. The van der Waals surface area contributed by atoms with Crippen molar-refractivity contribution in [2.24, 2.45) is 0 Å². The number of aromatic nitrogens is 1. The third-order valence-corrected chi connectivity index (χ3v) is 5.77. The second-order valence-electron chi connectivity index (χ2n) is 6.12. The summed E-state index contributed by atoms with van der Waals surface area (Å²) in [6.07, 6.45) is 1.99. The zero-order valence-electron chi connectivity index (χ0n) is 15.2. The molecular formula is C18H24Cl3N3O2S. The fraction of sp³-hybridized carbons (Fsp3) is 0.444. The Morgan fingerprint density at radius 3 is 2.52 bits per heavy atom. The molecule has 1 aliphatic heterocycles. The van der Waals surface area contributed by atoms with E-state index in [2.05, 4.69) is 10.3 Å². The standard InChI is InChI=1S/C18H22ClN3O2S.2ClH/c1-12-17(18(23)22-9-7-14(20-2)8-10-22)25-16(21-12)11-24-15-5-3-13(19)4-6-15;;/h3-6,14,20H,7-11H2,1-2H3;2*1H. The van der Waals surface area contributed by atoms with Gasteiger partial charge in [-0.05, 0) is 51.1 Å². The van der Waals surface area contributed by atoms with Gasteiger partial charge in [0.05, 0.1) is 5.69 Å². The van der Waals surface area contributed by atoms with E-state index in [1.807, 2.05) is 31.0 Å². The van der Waals surface area contributed by atoms with Crippen LogP contribution in [0.15, 0.2) is 24.3 Å². The number of carbonyl (C=O) groups is 1. The topological polar surface area (TPSA) is 54.5 Å². The number of rotatable bonds is 5. The van der Waals surface area contributed by atoms with Gasteiger partial charge in [-0.25, -0.2) is 4.98 Å². The number of ether oxygens (including phenoxy) is 1. The molecule has 1 fully saturated rings. The Balaban J connectivity index is 0.00000182. The average molecular weight is 453 g/mol. The minimum Gasteiger partial charge on any atom is -0.486 e. The molecule has 2 heterocycles. The van der Waals surface area contributed by atoms with Gasteiger partial charge < -0.3 is 15.0 Å². The lowest BCUT2D eigenvalue weighted by atomic mass is 10.1. The van der Waals surface area contributed by atoms with Crippen molar-refractivity contribution in [2.75, 3.05) is 20.1 Å². The zero-order valence-corrected chi connectivity index (χ0v) is 18.4. The number of piperidine rings is 1. The molecule has 1 N–H and O–H groups in total. The van der Waals surface area contributed by atoms with Crippen molar-refractivity contribution < 1.29 is 9.53 Å². The lowest BCUT2D eigenvalue weighted by Crippen LogP contribution is -2.43. The fourth-order valence-corrected chi connectivity index (χ4v) is 3.98. The van der Waals surface area contributed by atoms with Crippen molar-refractivity contribution in [1.29, 1.82) is 0 Å². The van der Waals surface area contributed by atoms with E-state index in [1.165, 1.54) is 11.3 Å². The quantitative estimate of drug-likeness (QED) is 0.732. The molecule has 1 aromatic carbocycles. The van der Waals surface area contributed by atoms with Crippen molar-refractivity contribution in [2.45, 2.75) is 32.4 Å². The molecule has 0 atom stereocenters. The molecule has 1 amide bonds. The van der Waals surface area contributed by atoms with Crippen LogP contribution in [0, 0.1) is 6.92 Å². The Bertz CT molecular complexity index is 732. The third-order valence-electron chi connectivity index (χ3n) is 4.40. The van der Waals surface area contributed by atoms with Gasteiger partial charge in [-0.3, -0.25) is 4.79 Å². The number of nitrogens with one attached hydrogen (secondary N) is 1. The second-order valence-corrected chi connectivity index (χ2v) is 7.64. The lowest BCUT2D eigenvalue weighted by Gasteiger charge is -2.31. The molecule has 1 aliphatic rings. The Kier molecular flexibility index (Phi) is 9.84. The number of benzene rings is 1. The van der Waals surface area contributed by atoms with Gasteiger partial charge in [0.25, 0.3) is 5.91 Å². The van der Waals surface area contributed by atoms with Crippen LogP contribution in [0.1, 0.15) is 33.2 Å². The molecule has 27 heavy (non-hydrogen) atoms. The average Bonchev–Trinajstić information content (AvgIpc) is 3.01. The van der Waals surface area contributed by atoms with Gasteiger partial charge in [0.1, 0.15) is 22.2 Å². The number of thiazole rings is 1. The van der Waals surface area contributed by atoms with E-state index in [9.17, 15) is 4.79 Å². The highest BCUT2D eigenvalue weighted by atomic mass is 35.5. The number of hydrogen-bond acceptors (Lipinski definition) is 5. The maximum atomic E-state index is 12.8. The van der Waals surface area contributed by atoms with Crippen LogP contribution < -0.4 is 10.1 Å². The molecule has 150 valence electrons. The smallest absolute Gasteiger partial charge is 0.265 e. The number of aryl methyl sites for hydroxylation is 1. The summed E-state index contributed by atoms with van der Waals surface area (Å²) in [5.41, 5.74) is 0.778. The summed E-state index contributed by atoms with van der Waals surface area (Å²) in [6, 6.07) is 7.72. The molecule has 5 nitrogen and oxygen atoms in total. The Morgan fingerprint density at radius 2 is 1.93 bits per heavy atom. The first-order valence-electron chi connectivity index (χ1n) is 8.38. The van der Waals surface area contributed by atoms with Crippen molar-refractivity contribution in [3.05, 3.63) is 44.9 Å². The summed E-state index contributed by atoms with van der Waals surface area (Å²) in [5, 5.41) is 4.76. The first kappa shape index (κ1) is 24.0. The van der Waals surface area contributed by atoms with Crippen molar-refractivity contribution in [3.8, 4) is 5.75 Å². The molecule has 0 unspecified atom stereocenters. The van der Waals surface area contributed by atoms with Crippen LogP contribution in [0.4, 0.5) is 0 Å². The van der Waals surface area contributed by atoms with Crippen LogP contribution in [0.3, 0.4) is 0 Å². The van der Waals surface area contributed by atoms with Crippen LogP contribution in [0.5, 0.6) is 5.75 Å². The van der Waals surface area contributed by atoms with E-state index in [0.717, 1.165) is 47.3 Å². The Morgan fingerprint density at radius 1 is 1.30 bits per heavy atom. The Labute approximate surface area is 181 Å². The van der Waals surface area contributed by atoms with Crippen LogP contribution in [-0.4, -0.2) is 42.0 Å². The summed E-state index contributed by atoms with van der Waals surface area (Å²) in [5.74, 6) is 0.821. The predicted molar refractivity (Wildman–Crippen MR) is 115 cm³/mol. The number of hydrogen-bond donors (Lipinski definition) is 1. The van der Waals surface area contributed by atoms with E-state index < -0.39 is 0 Å². The van der Waals surface area contributed by atoms with Gasteiger partial charge in [0.2, 0.25) is 0 Å². The highest BCUT2D eigenvalue weighted by Gasteiger charge is 2.25. The highest BCUT2D eigenvalue weighted by molar-refractivity contribution is 7.13. The molecule has 0 spiro atoms. The van der Waals surface area contributed by atoms with Crippen LogP contribution in [0.25, 0.3) is 0 Å². The normalized spacial score (nSPS) is 14.3. The molecule has 2 aromatic rings. The summed E-state index contributed by atoms with van der Waals surface area (Å²) in [6.45, 7) is 3.81. The maximum absolute atomic E-state index is 12.8. The van der Waals surface area contributed by atoms with Gasteiger partial charge in [-0.15, -0.1) is 36.2 Å². The molecule has 3 rings (SSSR count). The van der Waals surface area contributed by atoms with E-state index >= 15 is 0 Å². The van der Waals surface area contributed by atoms with Gasteiger partial charge in [0, 0.05) is 24.2 Å². The fourth-order valence-electron chi connectivity index (χ4n) is 2.90. The lowest BCUT2D eigenvalue weighted by molar-refractivity contribution is 0.0711. The van der Waals surface area contributed by atoms with E-state index in [4.69, 9.17) is 16.3 Å². The minimum atomic E-state index is 0.